The van der Waals surface area contributed by atoms with Crippen LogP contribution in [-0.2, 0) is 22.7 Å². The first-order valence-corrected chi connectivity index (χ1v) is 11.4. The van der Waals surface area contributed by atoms with Crippen molar-refractivity contribution in [1.29, 1.82) is 0 Å². The zero-order valence-corrected chi connectivity index (χ0v) is 18.8. The first-order chi connectivity index (χ1) is 15.4. The number of hydrogen-bond acceptors (Lipinski definition) is 4. The van der Waals surface area contributed by atoms with Crippen molar-refractivity contribution in [3.63, 3.8) is 0 Å². The van der Waals surface area contributed by atoms with Crippen LogP contribution in [0.3, 0.4) is 0 Å². The van der Waals surface area contributed by atoms with Crippen LogP contribution in [0.1, 0.15) is 61.0 Å². The Balaban J connectivity index is 1.26. The van der Waals surface area contributed by atoms with Gasteiger partial charge in [-0.2, -0.15) is 5.10 Å². The number of amides is 4. The van der Waals surface area contributed by atoms with Crippen molar-refractivity contribution < 1.29 is 14.4 Å². The number of nitrogens with one attached hydrogen (secondary N) is 2. The van der Waals surface area contributed by atoms with Crippen molar-refractivity contribution in [1.82, 2.24) is 25.3 Å². The molecular weight excluding hydrogens is 406 g/mol. The summed E-state index contributed by atoms with van der Waals surface area (Å²) in [5.41, 5.74) is 3.45. The Morgan fingerprint density at radius 2 is 1.88 bits per heavy atom. The molecule has 1 aromatic heterocycles. The van der Waals surface area contributed by atoms with E-state index in [1.165, 1.54) is 10.5 Å². The van der Waals surface area contributed by atoms with Crippen LogP contribution in [-0.4, -0.2) is 44.6 Å². The minimum atomic E-state index is -0.686. The molecule has 2 fully saturated rings. The van der Waals surface area contributed by atoms with Crippen molar-refractivity contribution in [3.8, 4) is 0 Å². The van der Waals surface area contributed by atoms with Crippen LogP contribution in [0.15, 0.2) is 30.3 Å². The summed E-state index contributed by atoms with van der Waals surface area (Å²) >= 11 is 0. The molecule has 1 saturated carbocycles. The lowest BCUT2D eigenvalue weighted by molar-refractivity contribution is -0.131. The summed E-state index contributed by atoms with van der Waals surface area (Å²) in [6, 6.07) is 9.82. The molecule has 2 aromatic rings. The monoisotopic (exact) mass is 437 g/mol. The van der Waals surface area contributed by atoms with Crippen LogP contribution in [0, 0.1) is 13.8 Å². The summed E-state index contributed by atoms with van der Waals surface area (Å²) in [5, 5.41) is 10.5. The minimum Gasteiger partial charge on any atom is -0.352 e. The molecule has 32 heavy (non-hydrogen) atoms. The second-order valence-electron chi connectivity index (χ2n) is 8.85. The molecule has 8 heteroatoms. The highest BCUT2D eigenvalue weighted by Crippen LogP contribution is 2.35. The highest BCUT2D eigenvalue weighted by molar-refractivity contribution is 6.07. The number of nitrogens with zero attached hydrogens (tertiary/aromatic N) is 3. The molecular formula is C24H31N5O3. The molecule has 0 bridgehead atoms. The number of imide groups is 1. The number of aryl methyl sites for hydroxylation is 1. The van der Waals surface area contributed by atoms with Crippen molar-refractivity contribution in [2.75, 3.05) is 6.54 Å². The standard InChI is InChI=1S/C24H31N5O3/c1-17-20(18(2)29(27-17)16-19-9-4-3-5-10-19)15-25-21(30)11-8-14-28-22(31)24(26-23(28)32)12-6-7-13-24/h3-5,9-10H,6-8,11-16H2,1-2H3,(H,25,30)(H,26,32). The number of urea groups is 1. The zero-order chi connectivity index (χ0) is 22.7. The van der Waals surface area contributed by atoms with Crippen molar-refractivity contribution >= 4 is 17.8 Å². The van der Waals surface area contributed by atoms with E-state index in [-0.39, 0.29) is 30.8 Å². The number of benzene rings is 1. The molecule has 2 N–H and O–H groups in total. The molecule has 0 unspecified atom stereocenters. The molecule has 2 heterocycles. The maximum atomic E-state index is 12.7. The van der Waals surface area contributed by atoms with Gasteiger partial charge in [0.1, 0.15) is 5.54 Å². The van der Waals surface area contributed by atoms with E-state index in [1.807, 2.05) is 36.7 Å². The Hall–Kier alpha value is -3.16. The number of carbonyl (C=O) groups is 3. The Labute approximate surface area is 188 Å². The van der Waals surface area contributed by atoms with E-state index in [9.17, 15) is 14.4 Å². The Bertz CT molecular complexity index is 1010. The largest absolute Gasteiger partial charge is 0.352 e. The van der Waals surface area contributed by atoms with Crippen LogP contribution in [0.2, 0.25) is 0 Å². The molecule has 4 amide bonds. The van der Waals surface area contributed by atoms with Gasteiger partial charge in [-0.15, -0.1) is 0 Å². The number of rotatable bonds is 8. The summed E-state index contributed by atoms with van der Waals surface area (Å²) < 4.78 is 1.96. The quantitative estimate of drug-likeness (QED) is 0.621. The normalized spacial score (nSPS) is 17.2. The van der Waals surface area contributed by atoms with Crippen LogP contribution >= 0.6 is 0 Å². The lowest BCUT2D eigenvalue weighted by Gasteiger charge is -2.19. The predicted octanol–water partition coefficient (Wildman–Crippen LogP) is 2.81. The Morgan fingerprint density at radius 1 is 1.16 bits per heavy atom. The first kappa shape index (κ1) is 22.0. The summed E-state index contributed by atoms with van der Waals surface area (Å²) in [5.74, 6) is -0.222. The third-order valence-corrected chi connectivity index (χ3v) is 6.66. The molecule has 0 atom stereocenters. The van der Waals surface area contributed by atoms with Crippen LogP contribution in [0.5, 0.6) is 0 Å². The summed E-state index contributed by atoms with van der Waals surface area (Å²) in [7, 11) is 0. The maximum Gasteiger partial charge on any atom is 0.325 e. The summed E-state index contributed by atoms with van der Waals surface area (Å²) in [6.45, 7) is 5.34. The van der Waals surface area contributed by atoms with Gasteiger partial charge in [-0.25, -0.2) is 4.79 Å². The first-order valence-electron chi connectivity index (χ1n) is 11.4. The molecule has 2 aliphatic rings. The van der Waals surface area contributed by atoms with E-state index >= 15 is 0 Å². The summed E-state index contributed by atoms with van der Waals surface area (Å²) in [4.78, 5) is 38.6. The highest BCUT2D eigenvalue weighted by Gasteiger charge is 2.52. The Morgan fingerprint density at radius 3 is 2.59 bits per heavy atom. The minimum absolute atomic E-state index is 0.0951. The van der Waals surface area contributed by atoms with Gasteiger partial charge in [0.2, 0.25) is 5.91 Å². The van der Waals surface area contributed by atoms with Crippen LogP contribution in [0.25, 0.3) is 0 Å². The SMILES string of the molecule is Cc1nn(Cc2ccccc2)c(C)c1CNC(=O)CCCN1C(=O)NC2(CCCC2)C1=O. The fourth-order valence-corrected chi connectivity index (χ4v) is 4.77. The van der Waals surface area contributed by atoms with E-state index in [1.54, 1.807) is 0 Å². The van der Waals surface area contributed by atoms with Gasteiger partial charge in [-0.05, 0) is 38.7 Å². The molecule has 4 rings (SSSR count). The van der Waals surface area contributed by atoms with Gasteiger partial charge in [0.25, 0.3) is 5.91 Å². The molecule has 170 valence electrons. The van der Waals surface area contributed by atoms with Crippen LogP contribution in [0.4, 0.5) is 4.79 Å². The number of aromatic nitrogens is 2. The van der Waals surface area contributed by atoms with E-state index in [4.69, 9.17) is 0 Å². The molecule has 1 aromatic carbocycles. The summed E-state index contributed by atoms with van der Waals surface area (Å²) in [6.07, 6.45) is 4.06. The second kappa shape index (κ2) is 9.14. The molecule has 1 spiro atoms. The molecule has 1 aliphatic carbocycles. The van der Waals surface area contributed by atoms with Crippen LogP contribution < -0.4 is 10.6 Å². The number of carbonyl (C=O) groups excluding carboxylic acids is 3. The van der Waals surface area contributed by atoms with Gasteiger partial charge in [0, 0.05) is 30.8 Å². The van der Waals surface area contributed by atoms with E-state index in [2.05, 4.69) is 27.9 Å². The fourth-order valence-electron chi connectivity index (χ4n) is 4.77. The van der Waals surface area contributed by atoms with Gasteiger partial charge >= 0.3 is 6.03 Å². The third kappa shape index (κ3) is 4.40. The van der Waals surface area contributed by atoms with E-state index in [0.717, 1.165) is 29.8 Å². The van der Waals surface area contributed by atoms with Gasteiger partial charge < -0.3 is 10.6 Å². The third-order valence-electron chi connectivity index (χ3n) is 6.66. The topological polar surface area (TPSA) is 96.3 Å². The van der Waals surface area contributed by atoms with Gasteiger partial charge in [0.15, 0.2) is 0 Å². The molecule has 0 radical (unpaired) electrons. The van der Waals surface area contributed by atoms with Crippen molar-refractivity contribution in [2.45, 2.75) is 71.0 Å². The predicted molar refractivity (Wildman–Crippen MR) is 120 cm³/mol. The average Bonchev–Trinajstić information content (AvgIpc) is 3.41. The molecule has 1 aliphatic heterocycles. The lowest BCUT2D eigenvalue weighted by atomic mass is 9.98. The van der Waals surface area contributed by atoms with Crippen molar-refractivity contribution in [3.05, 3.63) is 52.8 Å². The fraction of sp³-hybridized carbons (Fsp3) is 0.500. The van der Waals surface area contributed by atoms with Gasteiger partial charge in [-0.1, -0.05) is 43.2 Å². The maximum absolute atomic E-state index is 12.7. The molecule has 8 nitrogen and oxygen atoms in total. The van der Waals surface area contributed by atoms with E-state index < -0.39 is 5.54 Å². The Kier molecular flexibility index (Phi) is 6.30. The van der Waals surface area contributed by atoms with Gasteiger partial charge in [-0.3, -0.25) is 19.2 Å². The second-order valence-corrected chi connectivity index (χ2v) is 8.85. The van der Waals surface area contributed by atoms with Gasteiger partial charge in [0.05, 0.1) is 12.2 Å². The molecule has 1 saturated heterocycles. The average molecular weight is 438 g/mol. The highest BCUT2D eigenvalue weighted by atomic mass is 16.2. The van der Waals surface area contributed by atoms with E-state index in [0.29, 0.717) is 32.4 Å². The van der Waals surface area contributed by atoms with Crippen molar-refractivity contribution in [2.24, 2.45) is 0 Å². The number of hydrogen-bond donors (Lipinski definition) is 2. The zero-order valence-electron chi connectivity index (χ0n) is 18.8. The smallest absolute Gasteiger partial charge is 0.325 e. The lowest BCUT2D eigenvalue weighted by Crippen LogP contribution is -2.44.